The highest BCUT2D eigenvalue weighted by Gasteiger charge is 2.05. The Bertz CT molecular complexity index is 330. The molecular weight excluding hydrogens is 214 g/mol. The van der Waals surface area contributed by atoms with Crippen LogP contribution in [0.2, 0.25) is 5.02 Å². The summed E-state index contributed by atoms with van der Waals surface area (Å²) in [5.74, 6) is -0.200. The van der Waals surface area contributed by atoms with Crippen molar-refractivity contribution < 1.29 is 4.79 Å². The summed E-state index contributed by atoms with van der Waals surface area (Å²) in [7, 11) is 0. The molecule has 1 aromatic heterocycles. The van der Waals surface area contributed by atoms with E-state index in [1.54, 1.807) is 12.1 Å². The van der Waals surface area contributed by atoms with Crippen LogP contribution in [0, 0.1) is 0 Å². The van der Waals surface area contributed by atoms with Crippen molar-refractivity contribution in [3.05, 3.63) is 29.0 Å². The highest BCUT2D eigenvalue weighted by molar-refractivity contribution is 6.30. The first-order valence-electron chi connectivity index (χ1n) is 4.84. The Kier molecular flexibility index (Phi) is 5.07. The largest absolute Gasteiger partial charge is 0.351 e. The number of carbonyl (C=O) groups is 1. The van der Waals surface area contributed by atoms with Gasteiger partial charge in [-0.3, -0.25) is 9.78 Å². The molecule has 0 fully saturated rings. The van der Waals surface area contributed by atoms with E-state index in [4.69, 9.17) is 17.3 Å². The van der Waals surface area contributed by atoms with Crippen LogP contribution in [-0.4, -0.2) is 24.0 Å². The highest BCUT2D eigenvalue weighted by atomic mass is 35.5. The first-order chi connectivity index (χ1) is 7.24. The van der Waals surface area contributed by atoms with Gasteiger partial charge in [0, 0.05) is 17.8 Å². The molecule has 1 rings (SSSR count). The number of carbonyl (C=O) groups excluding carboxylic acids is 1. The number of unbranched alkanes of at least 4 members (excludes halogenated alkanes) is 1. The lowest BCUT2D eigenvalue weighted by Gasteiger charge is -2.03. The van der Waals surface area contributed by atoms with Gasteiger partial charge in [0.1, 0.15) is 5.69 Å². The average molecular weight is 228 g/mol. The topological polar surface area (TPSA) is 68.0 Å². The second-order valence-corrected chi connectivity index (χ2v) is 3.55. The SMILES string of the molecule is NCCCCNC(=O)c1cc(Cl)ccn1. The molecule has 4 nitrogen and oxygen atoms in total. The van der Waals surface area contributed by atoms with E-state index in [1.807, 2.05) is 0 Å². The maximum Gasteiger partial charge on any atom is 0.269 e. The Morgan fingerprint density at radius 1 is 1.53 bits per heavy atom. The molecule has 0 saturated carbocycles. The first kappa shape index (κ1) is 11.9. The van der Waals surface area contributed by atoms with Crippen molar-refractivity contribution >= 4 is 17.5 Å². The van der Waals surface area contributed by atoms with E-state index in [0.717, 1.165) is 12.8 Å². The van der Waals surface area contributed by atoms with Gasteiger partial charge in [-0.25, -0.2) is 0 Å². The molecule has 0 radical (unpaired) electrons. The van der Waals surface area contributed by atoms with Crippen LogP contribution in [0.5, 0.6) is 0 Å². The van der Waals surface area contributed by atoms with Crippen LogP contribution in [-0.2, 0) is 0 Å². The lowest BCUT2D eigenvalue weighted by atomic mass is 10.3. The van der Waals surface area contributed by atoms with E-state index < -0.39 is 0 Å². The fraction of sp³-hybridized carbons (Fsp3) is 0.400. The molecule has 5 heteroatoms. The highest BCUT2D eigenvalue weighted by Crippen LogP contribution is 2.07. The number of aromatic nitrogens is 1. The minimum Gasteiger partial charge on any atom is -0.351 e. The molecule has 1 aromatic rings. The van der Waals surface area contributed by atoms with Crippen molar-refractivity contribution in [2.75, 3.05) is 13.1 Å². The van der Waals surface area contributed by atoms with E-state index >= 15 is 0 Å². The van der Waals surface area contributed by atoms with Crippen LogP contribution in [0.25, 0.3) is 0 Å². The third-order valence-electron chi connectivity index (χ3n) is 1.87. The Morgan fingerprint density at radius 3 is 3.00 bits per heavy atom. The maximum atomic E-state index is 11.5. The lowest BCUT2D eigenvalue weighted by molar-refractivity contribution is 0.0948. The minimum absolute atomic E-state index is 0.200. The van der Waals surface area contributed by atoms with Crippen molar-refractivity contribution in [1.82, 2.24) is 10.3 Å². The molecule has 15 heavy (non-hydrogen) atoms. The van der Waals surface area contributed by atoms with Gasteiger partial charge in [-0.05, 0) is 31.5 Å². The van der Waals surface area contributed by atoms with Crippen LogP contribution >= 0.6 is 11.6 Å². The third kappa shape index (κ3) is 4.27. The summed E-state index contributed by atoms with van der Waals surface area (Å²) in [6.07, 6.45) is 3.29. The van der Waals surface area contributed by atoms with Gasteiger partial charge < -0.3 is 11.1 Å². The molecule has 0 spiro atoms. The summed E-state index contributed by atoms with van der Waals surface area (Å²) in [5.41, 5.74) is 5.68. The number of amides is 1. The van der Waals surface area contributed by atoms with Crippen molar-refractivity contribution in [3.8, 4) is 0 Å². The van der Waals surface area contributed by atoms with Crippen molar-refractivity contribution in [2.24, 2.45) is 5.73 Å². The van der Waals surface area contributed by atoms with Crippen LogP contribution in [0.15, 0.2) is 18.3 Å². The van der Waals surface area contributed by atoms with E-state index in [1.165, 1.54) is 6.20 Å². The number of nitrogens with zero attached hydrogens (tertiary/aromatic N) is 1. The van der Waals surface area contributed by atoms with Gasteiger partial charge in [0.2, 0.25) is 0 Å². The Labute approximate surface area is 93.8 Å². The molecule has 0 bridgehead atoms. The second kappa shape index (κ2) is 6.37. The lowest BCUT2D eigenvalue weighted by Crippen LogP contribution is -2.25. The quantitative estimate of drug-likeness (QED) is 0.743. The molecule has 1 heterocycles. The van der Waals surface area contributed by atoms with Crippen molar-refractivity contribution in [1.29, 1.82) is 0 Å². The van der Waals surface area contributed by atoms with Crippen molar-refractivity contribution in [2.45, 2.75) is 12.8 Å². The van der Waals surface area contributed by atoms with Gasteiger partial charge in [0.05, 0.1) is 0 Å². The molecule has 0 unspecified atom stereocenters. The number of nitrogens with two attached hydrogens (primary N) is 1. The van der Waals surface area contributed by atoms with Crippen LogP contribution in [0.1, 0.15) is 23.3 Å². The number of halogens is 1. The van der Waals surface area contributed by atoms with Gasteiger partial charge in [-0.15, -0.1) is 0 Å². The van der Waals surface area contributed by atoms with Crippen LogP contribution < -0.4 is 11.1 Å². The van der Waals surface area contributed by atoms with E-state index in [-0.39, 0.29) is 5.91 Å². The average Bonchev–Trinajstić information content (AvgIpc) is 2.24. The summed E-state index contributed by atoms with van der Waals surface area (Å²) < 4.78 is 0. The Balaban J connectivity index is 2.40. The normalized spacial score (nSPS) is 10.0. The molecule has 1 amide bonds. The fourth-order valence-electron chi connectivity index (χ4n) is 1.09. The maximum absolute atomic E-state index is 11.5. The van der Waals surface area contributed by atoms with Crippen molar-refractivity contribution in [3.63, 3.8) is 0 Å². The Morgan fingerprint density at radius 2 is 2.33 bits per heavy atom. The fourth-order valence-corrected chi connectivity index (χ4v) is 1.25. The number of pyridine rings is 1. The zero-order valence-corrected chi connectivity index (χ0v) is 9.13. The summed E-state index contributed by atoms with van der Waals surface area (Å²) in [6.45, 7) is 1.26. The van der Waals surface area contributed by atoms with E-state index in [2.05, 4.69) is 10.3 Å². The predicted molar refractivity (Wildman–Crippen MR) is 59.9 cm³/mol. The summed E-state index contributed by atoms with van der Waals surface area (Å²) in [6, 6.07) is 3.17. The molecule has 0 aliphatic carbocycles. The van der Waals surface area contributed by atoms with Crippen LogP contribution in [0.3, 0.4) is 0 Å². The number of nitrogens with one attached hydrogen (secondary N) is 1. The third-order valence-corrected chi connectivity index (χ3v) is 2.11. The number of rotatable bonds is 5. The van der Waals surface area contributed by atoms with E-state index in [0.29, 0.717) is 23.8 Å². The van der Waals surface area contributed by atoms with Gasteiger partial charge in [-0.1, -0.05) is 11.6 Å². The summed E-state index contributed by atoms with van der Waals surface area (Å²) in [5, 5.41) is 3.26. The molecule has 0 aliphatic rings. The smallest absolute Gasteiger partial charge is 0.269 e. The molecule has 82 valence electrons. The second-order valence-electron chi connectivity index (χ2n) is 3.11. The molecule has 0 saturated heterocycles. The molecule has 0 atom stereocenters. The zero-order valence-electron chi connectivity index (χ0n) is 8.37. The monoisotopic (exact) mass is 227 g/mol. The summed E-state index contributed by atoms with van der Waals surface area (Å²) in [4.78, 5) is 15.4. The van der Waals surface area contributed by atoms with Gasteiger partial charge >= 0.3 is 0 Å². The standard InChI is InChI=1S/C10H14ClN3O/c11-8-3-6-13-9(7-8)10(15)14-5-2-1-4-12/h3,6-7H,1-2,4-5,12H2,(H,14,15). The van der Waals surface area contributed by atoms with Gasteiger partial charge in [0.25, 0.3) is 5.91 Å². The number of hydrogen-bond acceptors (Lipinski definition) is 3. The first-order valence-corrected chi connectivity index (χ1v) is 5.21. The molecular formula is C10H14ClN3O. The summed E-state index contributed by atoms with van der Waals surface area (Å²) >= 11 is 5.74. The Hall–Kier alpha value is -1.13. The number of hydrogen-bond donors (Lipinski definition) is 2. The molecule has 0 aliphatic heterocycles. The zero-order chi connectivity index (χ0) is 11.1. The van der Waals surface area contributed by atoms with E-state index in [9.17, 15) is 4.79 Å². The molecule has 0 aromatic carbocycles. The van der Waals surface area contributed by atoms with Gasteiger partial charge in [-0.2, -0.15) is 0 Å². The minimum atomic E-state index is -0.200. The van der Waals surface area contributed by atoms with Gasteiger partial charge in [0.15, 0.2) is 0 Å². The van der Waals surface area contributed by atoms with Crippen LogP contribution in [0.4, 0.5) is 0 Å². The molecule has 3 N–H and O–H groups in total. The predicted octanol–water partition coefficient (Wildman–Crippen LogP) is 1.20.